The topological polar surface area (TPSA) is 118 Å². The number of hydrogen-bond acceptors (Lipinski definition) is 8. The van der Waals surface area contributed by atoms with Gasteiger partial charge in [-0.15, -0.1) is 0 Å². The number of fused-ring (bicyclic) bond motifs is 2. The number of rotatable bonds is 2. The average molecular weight is 939 g/mol. The van der Waals surface area contributed by atoms with Crippen LogP contribution >= 0.6 is 82.6 Å². The van der Waals surface area contributed by atoms with Crippen LogP contribution in [0.4, 0.5) is 26.3 Å². The van der Waals surface area contributed by atoms with E-state index < -0.39 is 30.3 Å². The highest BCUT2D eigenvalue weighted by molar-refractivity contribution is 9.12. The molecular weight excluding hydrogens is 912 g/mol. The Balaban J connectivity index is 0.000000596. The van der Waals surface area contributed by atoms with Gasteiger partial charge in [-0.25, -0.2) is 0 Å². The molecule has 2 aliphatic rings. The number of hydrogen-bond donors (Lipinski definition) is 4. The van der Waals surface area contributed by atoms with Crippen LogP contribution in [0.15, 0.2) is 53.0 Å². The van der Waals surface area contributed by atoms with Crippen LogP contribution in [-0.2, 0) is 0 Å². The van der Waals surface area contributed by atoms with Crippen molar-refractivity contribution in [2.75, 3.05) is 31.8 Å². The van der Waals surface area contributed by atoms with Crippen LogP contribution in [0.3, 0.4) is 0 Å². The van der Waals surface area contributed by atoms with Crippen LogP contribution in [0, 0.1) is 0 Å². The third-order valence-electron chi connectivity index (χ3n) is 4.39. The van der Waals surface area contributed by atoms with Crippen molar-refractivity contribution >= 4 is 82.6 Å². The molecule has 0 bridgehead atoms. The second-order valence-electron chi connectivity index (χ2n) is 8.19. The predicted octanol–water partition coefficient (Wildman–Crippen LogP) is 9.90. The van der Waals surface area contributed by atoms with Gasteiger partial charge in [0.05, 0.1) is 23.6 Å². The first-order valence-electron chi connectivity index (χ1n) is 11.9. The number of aliphatic hydroxyl groups is 2. The molecule has 2 aliphatic heterocycles. The summed E-state index contributed by atoms with van der Waals surface area (Å²) in [6.45, 7) is -1.80. The van der Waals surface area contributed by atoms with Crippen LogP contribution in [-0.4, -0.2) is 69.2 Å². The van der Waals surface area contributed by atoms with E-state index in [-0.39, 0.29) is 60.5 Å². The largest absolute Gasteiger partial charge is 0.504 e. The Hall–Kier alpha value is -1.73. The summed E-state index contributed by atoms with van der Waals surface area (Å²) in [6.07, 6.45) is -6.55. The van der Waals surface area contributed by atoms with E-state index in [0.29, 0.717) is 19.5 Å². The molecular formula is C27H26Br3Cl3F6O8. The Labute approximate surface area is 305 Å². The van der Waals surface area contributed by atoms with Gasteiger partial charge in [0.25, 0.3) is 0 Å². The van der Waals surface area contributed by atoms with E-state index in [0.717, 1.165) is 0 Å². The van der Waals surface area contributed by atoms with Gasteiger partial charge in [-0.05, 0) is 62.2 Å². The smallest absolute Gasteiger partial charge is 0.433 e. The molecule has 0 radical (unpaired) electrons. The van der Waals surface area contributed by atoms with Gasteiger partial charge >= 0.3 is 17.0 Å². The molecule has 0 saturated carbocycles. The lowest BCUT2D eigenvalue weighted by molar-refractivity contribution is -0.209. The molecule has 3 aromatic rings. The van der Waals surface area contributed by atoms with E-state index in [9.17, 15) is 26.3 Å². The predicted molar refractivity (Wildman–Crippen MR) is 176 cm³/mol. The van der Waals surface area contributed by atoms with E-state index >= 15 is 0 Å². The van der Waals surface area contributed by atoms with E-state index in [1.54, 1.807) is 6.07 Å². The van der Waals surface area contributed by atoms with E-state index in [2.05, 4.69) is 57.3 Å². The number of aromatic hydroxyl groups is 2. The van der Waals surface area contributed by atoms with Crippen LogP contribution in [0.2, 0.25) is 15.1 Å². The van der Waals surface area contributed by atoms with Crippen LogP contribution in [0.5, 0.6) is 34.5 Å². The fourth-order valence-corrected chi connectivity index (χ4v) is 3.39. The summed E-state index contributed by atoms with van der Waals surface area (Å²) in [5.41, 5.74) is 0. The van der Waals surface area contributed by atoms with Crippen molar-refractivity contribution in [2.24, 2.45) is 0 Å². The third kappa shape index (κ3) is 18.0. The first kappa shape index (κ1) is 45.3. The van der Waals surface area contributed by atoms with Crippen molar-refractivity contribution in [3.8, 4) is 34.5 Å². The summed E-state index contributed by atoms with van der Waals surface area (Å²) >= 11 is 24.6. The Morgan fingerprint density at radius 2 is 1.17 bits per heavy atom. The summed E-state index contributed by atoms with van der Waals surface area (Å²) in [6, 6.07) is 11.2. The first-order chi connectivity index (χ1) is 21.2. The zero-order valence-electron chi connectivity index (χ0n) is 22.6. The zero-order chi connectivity index (χ0) is 35.3. The second kappa shape index (κ2) is 20.7. The van der Waals surface area contributed by atoms with Gasteiger partial charge in [0.1, 0.15) is 0 Å². The summed E-state index contributed by atoms with van der Waals surface area (Å²) < 4.78 is 92.2. The molecule has 0 aromatic heterocycles. The minimum atomic E-state index is -3.29. The molecule has 20 heteroatoms. The van der Waals surface area contributed by atoms with Crippen molar-refractivity contribution in [1.82, 2.24) is 0 Å². The van der Waals surface area contributed by atoms with Crippen molar-refractivity contribution in [1.29, 1.82) is 0 Å². The fraction of sp³-hybridized carbons (Fsp3) is 0.333. The molecule has 3 aromatic carbocycles. The Morgan fingerprint density at radius 1 is 0.723 bits per heavy atom. The van der Waals surface area contributed by atoms with Gasteiger partial charge in [0, 0.05) is 32.7 Å². The van der Waals surface area contributed by atoms with E-state index in [1.807, 2.05) is 0 Å². The van der Waals surface area contributed by atoms with Gasteiger partial charge in [0.2, 0.25) is 0 Å². The van der Waals surface area contributed by atoms with Crippen molar-refractivity contribution in [2.45, 2.75) is 24.5 Å². The molecule has 47 heavy (non-hydrogen) atoms. The number of phenolic OH excluding ortho intramolecular Hbond substituents is 2. The average Bonchev–Trinajstić information content (AvgIpc) is 2.96. The maximum atomic E-state index is 12.7. The van der Waals surface area contributed by atoms with Gasteiger partial charge in [-0.3, -0.25) is 0 Å². The van der Waals surface area contributed by atoms with Gasteiger partial charge in [0.15, 0.2) is 47.7 Å². The second-order valence-corrected chi connectivity index (χ2v) is 12.0. The first-order valence-corrected chi connectivity index (χ1v) is 15.8. The monoisotopic (exact) mass is 934 g/mol. The SMILES string of the molecule is C.FC(F)(Br)CBr.FC1(F)COc2cc(Br)c(Cl)cc2O1.FC1(F)COc2ccc(Cl)cc2O1.OCCO.Oc1ccc(Cl)cc1O. The number of aliphatic hydroxyl groups excluding tert-OH is 2. The maximum absolute atomic E-state index is 12.7. The molecule has 4 N–H and O–H groups in total. The molecule has 5 rings (SSSR count). The lowest BCUT2D eigenvalue weighted by Crippen LogP contribution is -2.35. The molecule has 0 unspecified atom stereocenters. The highest BCUT2D eigenvalue weighted by atomic mass is 79.9. The van der Waals surface area contributed by atoms with E-state index in [4.69, 9.17) is 64.7 Å². The molecule has 2 heterocycles. The van der Waals surface area contributed by atoms with Gasteiger partial charge in [-0.2, -0.15) is 26.3 Å². The standard InChI is InChI=1S/C8H4BrClF2O2.C8H5ClF2O2.C6H5ClO2.C2H2Br2F2.C2H6O2.CH4/c9-4-1-6-7(2-5(4)10)14-8(11,12)3-13-6;9-5-1-2-6-7(3-5)13-8(10,11)4-12-6;7-4-1-2-5(8)6(9)3-4;3-1-2(4,5)6;3-1-2-4;/h1-2H,3H2;1-3H,4H2;1-3,8-9H;1H2;3-4H,1-2H2;1H4. The van der Waals surface area contributed by atoms with Crippen molar-refractivity contribution in [3.05, 3.63) is 68.1 Å². The molecule has 0 atom stereocenters. The minimum Gasteiger partial charge on any atom is -0.504 e. The summed E-state index contributed by atoms with van der Waals surface area (Å²) in [5.74, 6) is 0.127. The molecule has 0 aliphatic carbocycles. The molecule has 0 saturated heterocycles. The molecule has 0 fully saturated rings. The molecule has 8 nitrogen and oxygen atoms in total. The maximum Gasteiger partial charge on any atom is 0.433 e. The molecule has 0 spiro atoms. The summed E-state index contributed by atoms with van der Waals surface area (Å²) in [7, 11) is 0. The quantitative estimate of drug-likeness (QED) is 0.114. The van der Waals surface area contributed by atoms with Crippen molar-refractivity contribution < 1.29 is 65.7 Å². The molecule has 0 amide bonds. The number of alkyl halides is 8. The lowest BCUT2D eigenvalue weighted by atomic mass is 10.3. The highest BCUT2D eigenvalue weighted by Crippen LogP contribution is 2.42. The van der Waals surface area contributed by atoms with Gasteiger partial charge < -0.3 is 39.4 Å². The van der Waals surface area contributed by atoms with Crippen LogP contribution in [0.1, 0.15) is 7.43 Å². The Morgan fingerprint density at radius 3 is 1.62 bits per heavy atom. The van der Waals surface area contributed by atoms with Crippen molar-refractivity contribution in [3.63, 3.8) is 0 Å². The fourth-order valence-electron chi connectivity index (χ4n) is 2.58. The minimum absolute atomic E-state index is 0. The summed E-state index contributed by atoms with van der Waals surface area (Å²) in [4.78, 5) is -2.73. The Bertz CT molecular complexity index is 1410. The lowest BCUT2D eigenvalue weighted by Gasteiger charge is -2.25. The number of benzene rings is 3. The van der Waals surface area contributed by atoms with Gasteiger partial charge in [-0.1, -0.05) is 58.2 Å². The third-order valence-corrected chi connectivity index (χ3v) is 7.80. The normalized spacial score (nSPS) is 14.4. The van der Waals surface area contributed by atoms with Crippen LogP contribution in [0.25, 0.3) is 0 Å². The Kier molecular flexibility index (Phi) is 19.9. The number of ether oxygens (including phenoxy) is 4. The van der Waals surface area contributed by atoms with Crippen LogP contribution < -0.4 is 18.9 Å². The van der Waals surface area contributed by atoms with E-state index in [1.165, 1.54) is 42.5 Å². The summed E-state index contributed by atoms with van der Waals surface area (Å²) in [5, 5.41) is 33.5. The zero-order valence-corrected chi connectivity index (χ0v) is 29.6. The number of halogens is 12. The highest BCUT2D eigenvalue weighted by Gasteiger charge is 2.39. The molecule has 266 valence electrons. The number of phenols is 2.